The molecule has 0 unspecified atom stereocenters. The summed E-state index contributed by atoms with van der Waals surface area (Å²) in [6, 6.07) is 10.8. The molecule has 0 saturated carbocycles. The van der Waals surface area contributed by atoms with E-state index in [-0.39, 0.29) is 23.2 Å². The van der Waals surface area contributed by atoms with Gasteiger partial charge in [-0.05, 0) is 37.6 Å². The number of hydrogen-bond acceptors (Lipinski definition) is 5. The summed E-state index contributed by atoms with van der Waals surface area (Å²) in [4.78, 5) is 31.6. The van der Waals surface area contributed by atoms with Crippen molar-refractivity contribution in [2.24, 2.45) is 0 Å². The fraction of sp³-hybridized carbons (Fsp3) is 0.409. The Labute approximate surface area is 170 Å². The van der Waals surface area contributed by atoms with E-state index in [2.05, 4.69) is 10.3 Å². The third kappa shape index (κ3) is 4.16. The zero-order valence-corrected chi connectivity index (χ0v) is 16.7. The standard InChI is InChI=1S/C22H25N3O4/c1-15-6-7-17(16(2)14-15)24-20(26)18-4-3-5-19(23-18)21(27)25-10-8-22(9-11-25)28-12-13-29-22/h3-7,14H,8-13H2,1-2H3,(H,24,26). The molecule has 7 nitrogen and oxygen atoms in total. The van der Waals surface area contributed by atoms with Gasteiger partial charge in [0.1, 0.15) is 11.4 Å². The van der Waals surface area contributed by atoms with E-state index in [9.17, 15) is 9.59 Å². The Balaban J connectivity index is 1.44. The molecular formula is C22H25N3O4. The molecule has 152 valence electrons. The summed E-state index contributed by atoms with van der Waals surface area (Å²) >= 11 is 0. The van der Waals surface area contributed by atoms with Crippen LogP contribution in [0.3, 0.4) is 0 Å². The van der Waals surface area contributed by atoms with Crippen molar-refractivity contribution in [3.05, 3.63) is 58.9 Å². The molecule has 0 aliphatic carbocycles. The maximum Gasteiger partial charge on any atom is 0.274 e. The average molecular weight is 395 g/mol. The van der Waals surface area contributed by atoms with Crippen molar-refractivity contribution in [2.75, 3.05) is 31.6 Å². The van der Waals surface area contributed by atoms with E-state index in [1.165, 1.54) is 0 Å². The first kappa shape index (κ1) is 19.5. The van der Waals surface area contributed by atoms with Crippen LogP contribution in [0, 0.1) is 13.8 Å². The lowest BCUT2D eigenvalue weighted by atomic mass is 10.0. The van der Waals surface area contributed by atoms with Crippen LogP contribution in [0.5, 0.6) is 0 Å². The Morgan fingerprint density at radius 2 is 1.72 bits per heavy atom. The molecule has 1 aromatic heterocycles. The van der Waals surface area contributed by atoms with Gasteiger partial charge in [-0.15, -0.1) is 0 Å². The molecule has 0 atom stereocenters. The number of benzene rings is 1. The molecule has 2 saturated heterocycles. The lowest BCUT2D eigenvalue weighted by Crippen LogP contribution is -2.47. The van der Waals surface area contributed by atoms with Crippen LogP contribution in [0.2, 0.25) is 0 Å². The van der Waals surface area contributed by atoms with Crippen LogP contribution in [0.25, 0.3) is 0 Å². The minimum absolute atomic E-state index is 0.181. The van der Waals surface area contributed by atoms with Gasteiger partial charge in [-0.2, -0.15) is 0 Å². The average Bonchev–Trinajstić information content (AvgIpc) is 3.18. The van der Waals surface area contributed by atoms with E-state index in [4.69, 9.17) is 9.47 Å². The van der Waals surface area contributed by atoms with Gasteiger partial charge in [0.15, 0.2) is 5.79 Å². The smallest absolute Gasteiger partial charge is 0.274 e. The van der Waals surface area contributed by atoms with Gasteiger partial charge in [0, 0.05) is 31.6 Å². The number of likely N-dealkylation sites (tertiary alicyclic amines) is 1. The Hall–Kier alpha value is -2.77. The normalized spacial score (nSPS) is 18.1. The Bertz CT molecular complexity index is 927. The van der Waals surface area contributed by atoms with Gasteiger partial charge in [-0.3, -0.25) is 9.59 Å². The SMILES string of the molecule is Cc1ccc(NC(=O)c2cccc(C(=O)N3CCC4(CC3)OCCO4)n2)c(C)c1. The second kappa shape index (κ2) is 7.93. The van der Waals surface area contributed by atoms with Crippen LogP contribution in [-0.4, -0.2) is 53.8 Å². The number of nitrogens with one attached hydrogen (secondary N) is 1. The molecule has 2 fully saturated rings. The highest BCUT2D eigenvalue weighted by molar-refractivity contribution is 6.04. The van der Waals surface area contributed by atoms with E-state index < -0.39 is 5.79 Å². The summed E-state index contributed by atoms with van der Waals surface area (Å²) in [5.74, 6) is -1.05. The van der Waals surface area contributed by atoms with Crippen molar-refractivity contribution in [1.29, 1.82) is 0 Å². The van der Waals surface area contributed by atoms with Crippen LogP contribution in [0.4, 0.5) is 5.69 Å². The quantitative estimate of drug-likeness (QED) is 0.864. The van der Waals surface area contributed by atoms with Crippen LogP contribution in [0.15, 0.2) is 36.4 Å². The number of rotatable bonds is 3. The van der Waals surface area contributed by atoms with Crippen molar-refractivity contribution in [3.63, 3.8) is 0 Å². The number of amides is 2. The summed E-state index contributed by atoms with van der Waals surface area (Å²) in [5.41, 5.74) is 3.32. The number of carbonyl (C=O) groups is 2. The number of ether oxygens (including phenoxy) is 2. The number of carbonyl (C=O) groups excluding carboxylic acids is 2. The first-order valence-corrected chi connectivity index (χ1v) is 9.89. The van der Waals surface area contributed by atoms with Crippen molar-refractivity contribution < 1.29 is 19.1 Å². The highest BCUT2D eigenvalue weighted by atomic mass is 16.7. The predicted octanol–water partition coefficient (Wildman–Crippen LogP) is 2.93. The maximum atomic E-state index is 12.9. The number of piperidine rings is 1. The van der Waals surface area contributed by atoms with Gasteiger partial charge in [0.2, 0.25) is 0 Å². The van der Waals surface area contributed by atoms with Gasteiger partial charge in [-0.1, -0.05) is 23.8 Å². The molecule has 0 bridgehead atoms. The Kier molecular flexibility index (Phi) is 5.34. The zero-order chi connectivity index (χ0) is 20.4. The van der Waals surface area contributed by atoms with Gasteiger partial charge in [0.05, 0.1) is 13.2 Å². The molecule has 2 aliphatic heterocycles. The third-order valence-electron chi connectivity index (χ3n) is 5.46. The van der Waals surface area contributed by atoms with Crippen molar-refractivity contribution in [1.82, 2.24) is 9.88 Å². The summed E-state index contributed by atoms with van der Waals surface area (Å²) in [7, 11) is 0. The third-order valence-corrected chi connectivity index (χ3v) is 5.46. The van der Waals surface area contributed by atoms with Crippen molar-refractivity contribution in [2.45, 2.75) is 32.5 Å². The largest absolute Gasteiger partial charge is 0.347 e. The molecule has 3 heterocycles. The molecule has 1 aromatic carbocycles. The highest BCUT2D eigenvalue weighted by Crippen LogP contribution is 2.31. The molecule has 0 radical (unpaired) electrons. The molecule has 1 N–H and O–H groups in total. The fourth-order valence-electron chi connectivity index (χ4n) is 3.82. The second-order valence-electron chi connectivity index (χ2n) is 7.58. The van der Waals surface area contributed by atoms with Crippen LogP contribution in [0.1, 0.15) is 44.9 Å². The van der Waals surface area contributed by atoms with Crippen LogP contribution >= 0.6 is 0 Å². The van der Waals surface area contributed by atoms with Crippen LogP contribution < -0.4 is 5.32 Å². The first-order chi connectivity index (χ1) is 14.0. The first-order valence-electron chi connectivity index (χ1n) is 9.89. The molecule has 29 heavy (non-hydrogen) atoms. The van der Waals surface area contributed by atoms with Gasteiger partial charge in [-0.25, -0.2) is 4.98 Å². The lowest BCUT2D eigenvalue weighted by molar-refractivity contribution is -0.181. The number of aryl methyl sites for hydroxylation is 2. The summed E-state index contributed by atoms with van der Waals surface area (Å²) in [6.45, 7) is 6.23. The molecule has 2 aliphatic rings. The molecule has 4 rings (SSSR count). The number of anilines is 1. The van der Waals surface area contributed by atoms with Gasteiger partial charge >= 0.3 is 0 Å². The Morgan fingerprint density at radius 1 is 1.03 bits per heavy atom. The molecule has 2 aromatic rings. The van der Waals surface area contributed by atoms with Crippen molar-refractivity contribution in [3.8, 4) is 0 Å². The zero-order valence-electron chi connectivity index (χ0n) is 16.7. The van der Waals surface area contributed by atoms with E-state index in [0.29, 0.717) is 39.1 Å². The van der Waals surface area contributed by atoms with E-state index in [1.807, 2.05) is 32.0 Å². The Morgan fingerprint density at radius 3 is 2.41 bits per heavy atom. The van der Waals surface area contributed by atoms with E-state index >= 15 is 0 Å². The van der Waals surface area contributed by atoms with Gasteiger partial charge in [0.25, 0.3) is 11.8 Å². The fourth-order valence-corrected chi connectivity index (χ4v) is 3.82. The highest BCUT2D eigenvalue weighted by Gasteiger charge is 2.41. The molecule has 1 spiro atoms. The number of nitrogens with zero attached hydrogens (tertiary/aromatic N) is 2. The number of pyridine rings is 1. The summed E-state index contributed by atoms with van der Waals surface area (Å²) in [6.07, 6.45) is 1.29. The summed E-state index contributed by atoms with van der Waals surface area (Å²) in [5, 5.41) is 2.87. The topological polar surface area (TPSA) is 80.8 Å². The molecule has 2 amide bonds. The monoisotopic (exact) mass is 395 g/mol. The van der Waals surface area contributed by atoms with Gasteiger partial charge < -0.3 is 19.7 Å². The molecular weight excluding hydrogens is 370 g/mol. The maximum absolute atomic E-state index is 12.9. The van der Waals surface area contributed by atoms with Crippen LogP contribution in [-0.2, 0) is 9.47 Å². The van der Waals surface area contributed by atoms with E-state index in [0.717, 1.165) is 16.8 Å². The minimum atomic E-state index is -0.530. The predicted molar refractivity (Wildman–Crippen MR) is 108 cm³/mol. The van der Waals surface area contributed by atoms with E-state index in [1.54, 1.807) is 23.1 Å². The summed E-state index contributed by atoms with van der Waals surface area (Å²) < 4.78 is 11.4. The van der Waals surface area contributed by atoms with Crippen molar-refractivity contribution >= 4 is 17.5 Å². The molecule has 7 heteroatoms. The lowest BCUT2D eigenvalue weighted by Gasteiger charge is -2.37. The number of aromatic nitrogens is 1. The second-order valence-corrected chi connectivity index (χ2v) is 7.58. The number of hydrogen-bond donors (Lipinski definition) is 1. The minimum Gasteiger partial charge on any atom is -0.347 e.